The van der Waals surface area contributed by atoms with E-state index in [2.05, 4.69) is 5.10 Å². The van der Waals surface area contributed by atoms with Gasteiger partial charge in [0.15, 0.2) is 0 Å². The van der Waals surface area contributed by atoms with Gasteiger partial charge in [-0.1, -0.05) is 18.2 Å². The van der Waals surface area contributed by atoms with Gasteiger partial charge < -0.3 is 10.8 Å². The van der Waals surface area contributed by atoms with Crippen LogP contribution in [-0.2, 0) is 11.8 Å². The zero-order valence-corrected chi connectivity index (χ0v) is 9.63. The van der Waals surface area contributed by atoms with Crippen molar-refractivity contribution in [1.29, 1.82) is 0 Å². The van der Waals surface area contributed by atoms with Crippen molar-refractivity contribution < 1.29 is 9.90 Å². The van der Waals surface area contributed by atoms with E-state index in [1.54, 1.807) is 4.68 Å². The molecule has 0 aliphatic carbocycles. The molecule has 5 nitrogen and oxygen atoms in total. The second-order valence-corrected chi connectivity index (χ2v) is 4.06. The normalized spacial score (nSPS) is 12.8. The summed E-state index contributed by atoms with van der Waals surface area (Å²) in [7, 11) is 1.85. The van der Waals surface area contributed by atoms with E-state index in [9.17, 15) is 4.79 Å². The molecule has 0 bridgehead atoms. The standard InChI is InChI=1S/C12H15N3O2/c1-15-10-5-3-2-4-9(10)12(14-15)8(7-13)6-11(16)17/h2-5,8H,6-7,13H2,1H3,(H,16,17). The van der Waals surface area contributed by atoms with Crippen LogP contribution in [0.5, 0.6) is 0 Å². The van der Waals surface area contributed by atoms with Gasteiger partial charge in [0.05, 0.1) is 17.6 Å². The summed E-state index contributed by atoms with van der Waals surface area (Å²) in [6.07, 6.45) is 0.0114. The molecule has 1 aromatic carbocycles. The highest BCUT2D eigenvalue weighted by molar-refractivity contribution is 5.83. The number of para-hydroxylation sites is 1. The van der Waals surface area contributed by atoms with Gasteiger partial charge in [-0.25, -0.2) is 0 Å². The van der Waals surface area contributed by atoms with E-state index in [4.69, 9.17) is 10.8 Å². The molecule has 0 saturated carbocycles. The van der Waals surface area contributed by atoms with Crippen LogP contribution >= 0.6 is 0 Å². The lowest BCUT2D eigenvalue weighted by Crippen LogP contribution is -2.17. The Morgan fingerprint density at radius 1 is 1.53 bits per heavy atom. The molecule has 2 aromatic rings. The lowest BCUT2D eigenvalue weighted by Gasteiger charge is -2.09. The second-order valence-electron chi connectivity index (χ2n) is 4.06. The van der Waals surface area contributed by atoms with E-state index in [-0.39, 0.29) is 18.9 Å². The first-order chi connectivity index (χ1) is 8.13. The lowest BCUT2D eigenvalue weighted by molar-refractivity contribution is -0.137. The van der Waals surface area contributed by atoms with Gasteiger partial charge in [0.2, 0.25) is 0 Å². The first-order valence-corrected chi connectivity index (χ1v) is 5.47. The Morgan fingerprint density at radius 2 is 2.24 bits per heavy atom. The van der Waals surface area contributed by atoms with Crippen LogP contribution in [-0.4, -0.2) is 27.4 Å². The molecule has 0 aliphatic rings. The number of carbonyl (C=O) groups is 1. The molecule has 0 saturated heterocycles. The molecular formula is C12H15N3O2. The Kier molecular flexibility index (Phi) is 3.10. The smallest absolute Gasteiger partial charge is 0.304 e. The minimum atomic E-state index is -0.852. The van der Waals surface area contributed by atoms with Crippen molar-refractivity contribution in [3.63, 3.8) is 0 Å². The predicted octanol–water partition coefficient (Wildman–Crippen LogP) is 1.09. The number of rotatable bonds is 4. The number of hydrogen-bond donors (Lipinski definition) is 2. The first-order valence-electron chi connectivity index (χ1n) is 5.47. The van der Waals surface area contributed by atoms with Gasteiger partial charge in [-0.3, -0.25) is 9.48 Å². The average molecular weight is 233 g/mol. The van der Waals surface area contributed by atoms with Gasteiger partial charge in [0, 0.05) is 24.9 Å². The van der Waals surface area contributed by atoms with Gasteiger partial charge in [-0.2, -0.15) is 5.10 Å². The van der Waals surface area contributed by atoms with E-state index >= 15 is 0 Å². The highest BCUT2D eigenvalue weighted by atomic mass is 16.4. The molecule has 0 fully saturated rings. The molecule has 3 N–H and O–H groups in total. The van der Waals surface area contributed by atoms with E-state index in [1.165, 1.54) is 0 Å². The number of nitrogens with zero attached hydrogens (tertiary/aromatic N) is 2. The molecule has 0 aliphatic heterocycles. The summed E-state index contributed by atoms with van der Waals surface area (Å²) in [4.78, 5) is 10.8. The van der Waals surface area contributed by atoms with Crippen molar-refractivity contribution in [2.45, 2.75) is 12.3 Å². The van der Waals surface area contributed by atoms with Gasteiger partial charge >= 0.3 is 5.97 Å². The largest absolute Gasteiger partial charge is 0.481 e. The summed E-state index contributed by atoms with van der Waals surface area (Å²) in [5, 5.41) is 14.2. The fourth-order valence-corrected chi connectivity index (χ4v) is 2.05. The number of benzene rings is 1. The third-order valence-corrected chi connectivity index (χ3v) is 2.88. The number of aliphatic carboxylic acids is 1. The second kappa shape index (κ2) is 4.55. The molecule has 5 heteroatoms. The average Bonchev–Trinajstić information content (AvgIpc) is 2.64. The highest BCUT2D eigenvalue weighted by Gasteiger charge is 2.20. The summed E-state index contributed by atoms with van der Waals surface area (Å²) in [5.41, 5.74) is 7.40. The minimum absolute atomic E-state index is 0.0114. The van der Waals surface area contributed by atoms with Crippen LogP contribution in [0.3, 0.4) is 0 Å². The van der Waals surface area contributed by atoms with Gasteiger partial charge in [0.1, 0.15) is 0 Å². The Hall–Kier alpha value is -1.88. The molecular weight excluding hydrogens is 218 g/mol. The maximum atomic E-state index is 10.8. The zero-order valence-electron chi connectivity index (χ0n) is 9.63. The summed E-state index contributed by atoms with van der Waals surface area (Å²) < 4.78 is 1.76. The van der Waals surface area contributed by atoms with Crippen LogP contribution < -0.4 is 5.73 Å². The number of nitrogens with two attached hydrogens (primary N) is 1. The molecule has 2 rings (SSSR count). The third-order valence-electron chi connectivity index (χ3n) is 2.88. The summed E-state index contributed by atoms with van der Waals surface area (Å²) in [6, 6.07) is 7.76. The number of fused-ring (bicyclic) bond motifs is 1. The van der Waals surface area contributed by atoms with Gasteiger partial charge in [-0.15, -0.1) is 0 Å². The SMILES string of the molecule is Cn1nc(C(CN)CC(=O)O)c2ccccc21. The Bertz CT molecular complexity index is 548. The van der Waals surface area contributed by atoms with Crippen LogP contribution in [0.4, 0.5) is 0 Å². The number of carboxylic acids is 1. The molecule has 1 aromatic heterocycles. The molecule has 0 spiro atoms. The Balaban J connectivity index is 2.50. The highest BCUT2D eigenvalue weighted by Crippen LogP contribution is 2.26. The van der Waals surface area contributed by atoms with Crippen LogP contribution in [0, 0.1) is 0 Å². The third kappa shape index (κ3) is 2.14. The van der Waals surface area contributed by atoms with E-state index < -0.39 is 5.97 Å². The van der Waals surface area contributed by atoms with Crippen molar-refractivity contribution >= 4 is 16.9 Å². The minimum Gasteiger partial charge on any atom is -0.481 e. The molecule has 0 radical (unpaired) electrons. The molecule has 90 valence electrons. The fourth-order valence-electron chi connectivity index (χ4n) is 2.05. The van der Waals surface area contributed by atoms with Gasteiger partial charge in [-0.05, 0) is 6.07 Å². The van der Waals surface area contributed by atoms with E-state index in [0.29, 0.717) is 0 Å². The van der Waals surface area contributed by atoms with Crippen LogP contribution in [0.2, 0.25) is 0 Å². The van der Waals surface area contributed by atoms with Crippen molar-refractivity contribution in [1.82, 2.24) is 9.78 Å². The number of hydrogen-bond acceptors (Lipinski definition) is 3. The zero-order chi connectivity index (χ0) is 12.4. The summed E-state index contributed by atoms with van der Waals surface area (Å²) in [5.74, 6) is -1.09. The maximum absolute atomic E-state index is 10.8. The molecule has 1 heterocycles. The summed E-state index contributed by atoms with van der Waals surface area (Å²) >= 11 is 0. The van der Waals surface area contributed by atoms with E-state index in [0.717, 1.165) is 16.6 Å². The van der Waals surface area contributed by atoms with Crippen molar-refractivity contribution in [3.8, 4) is 0 Å². The van der Waals surface area contributed by atoms with Crippen molar-refractivity contribution in [3.05, 3.63) is 30.0 Å². The Labute approximate surface area is 98.8 Å². The van der Waals surface area contributed by atoms with Crippen molar-refractivity contribution in [2.75, 3.05) is 6.54 Å². The maximum Gasteiger partial charge on any atom is 0.304 e. The predicted molar refractivity (Wildman–Crippen MR) is 64.8 cm³/mol. The molecule has 0 amide bonds. The lowest BCUT2D eigenvalue weighted by atomic mass is 9.99. The van der Waals surface area contributed by atoms with E-state index in [1.807, 2.05) is 31.3 Å². The number of aromatic nitrogens is 2. The monoisotopic (exact) mass is 233 g/mol. The topological polar surface area (TPSA) is 81.1 Å². The van der Waals surface area contributed by atoms with Gasteiger partial charge in [0.25, 0.3) is 0 Å². The number of aryl methyl sites for hydroxylation is 1. The molecule has 1 unspecified atom stereocenters. The first kappa shape index (κ1) is 11.6. The van der Waals surface area contributed by atoms with Crippen LogP contribution in [0.1, 0.15) is 18.0 Å². The summed E-state index contributed by atoms with van der Waals surface area (Å²) in [6.45, 7) is 0.285. The van der Waals surface area contributed by atoms with Crippen LogP contribution in [0.25, 0.3) is 10.9 Å². The quantitative estimate of drug-likeness (QED) is 0.828. The molecule has 17 heavy (non-hydrogen) atoms. The van der Waals surface area contributed by atoms with Crippen molar-refractivity contribution in [2.24, 2.45) is 12.8 Å². The number of carboxylic acid groups (broad SMARTS) is 1. The molecule has 1 atom stereocenters. The fraction of sp³-hybridized carbons (Fsp3) is 0.333. The Morgan fingerprint density at radius 3 is 2.88 bits per heavy atom. The van der Waals surface area contributed by atoms with Crippen LogP contribution in [0.15, 0.2) is 24.3 Å².